The molecule has 27 heavy (non-hydrogen) atoms. The first kappa shape index (κ1) is 17.3. The number of thiazole rings is 1. The summed E-state index contributed by atoms with van der Waals surface area (Å²) in [6.07, 6.45) is 0.404. The smallest absolute Gasteiger partial charge is 0.279 e. The standard InChI is InChI=1S/C19H14FN3O3S/c1-22-17-13(20)3-2-4-14(17)27-19(22)21-18(26)11-5-7-12(8-6-11)23-15(24)9-10-16(23)25/h2-8H,9-10H2,1H3. The van der Waals surface area contributed by atoms with Gasteiger partial charge in [-0.1, -0.05) is 17.4 Å². The SMILES string of the molecule is Cn1c(=NC(=O)c2ccc(N3C(=O)CCC3=O)cc2)sc2cccc(F)c21. The molecule has 1 aliphatic heterocycles. The summed E-state index contributed by atoms with van der Waals surface area (Å²) in [6, 6.07) is 10.9. The maximum absolute atomic E-state index is 14.0. The largest absolute Gasteiger partial charge is 0.317 e. The van der Waals surface area contributed by atoms with Crippen molar-refractivity contribution < 1.29 is 18.8 Å². The van der Waals surface area contributed by atoms with Gasteiger partial charge in [0.2, 0.25) is 11.8 Å². The van der Waals surface area contributed by atoms with E-state index in [-0.39, 0.29) is 30.5 Å². The zero-order chi connectivity index (χ0) is 19.1. The van der Waals surface area contributed by atoms with Crippen LogP contribution in [0.4, 0.5) is 10.1 Å². The van der Waals surface area contributed by atoms with Crippen molar-refractivity contribution in [3.63, 3.8) is 0 Å². The summed E-state index contributed by atoms with van der Waals surface area (Å²) in [6.45, 7) is 0. The number of carbonyl (C=O) groups excluding carboxylic acids is 3. The third kappa shape index (κ3) is 2.97. The zero-order valence-corrected chi connectivity index (χ0v) is 15.1. The number of imide groups is 1. The first-order valence-electron chi connectivity index (χ1n) is 8.24. The predicted molar refractivity (Wildman–Crippen MR) is 98.8 cm³/mol. The number of para-hydroxylation sites is 1. The Balaban J connectivity index is 1.67. The summed E-state index contributed by atoms with van der Waals surface area (Å²) >= 11 is 1.22. The van der Waals surface area contributed by atoms with E-state index in [0.717, 1.165) is 4.90 Å². The van der Waals surface area contributed by atoms with E-state index in [2.05, 4.69) is 4.99 Å². The Morgan fingerprint density at radius 3 is 2.37 bits per heavy atom. The molecule has 1 aliphatic rings. The molecule has 0 radical (unpaired) electrons. The topological polar surface area (TPSA) is 71.7 Å². The second-order valence-corrected chi connectivity index (χ2v) is 7.13. The number of nitrogens with zero attached hydrogens (tertiary/aromatic N) is 3. The van der Waals surface area contributed by atoms with E-state index >= 15 is 0 Å². The Morgan fingerprint density at radius 1 is 1.07 bits per heavy atom. The van der Waals surface area contributed by atoms with Crippen LogP contribution in [0, 0.1) is 5.82 Å². The molecule has 0 unspecified atom stereocenters. The van der Waals surface area contributed by atoms with Crippen molar-refractivity contribution in [2.75, 3.05) is 4.90 Å². The summed E-state index contributed by atoms with van der Waals surface area (Å²) in [4.78, 5) is 41.6. The number of fused-ring (bicyclic) bond motifs is 1. The average Bonchev–Trinajstić information content (AvgIpc) is 3.15. The quantitative estimate of drug-likeness (QED) is 0.639. The van der Waals surface area contributed by atoms with Crippen molar-refractivity contribution in [2.45, 2.75) is 12.8 Å². The number of halogens is 1. The Labute approximate surface area is 157 Å². The lowest BCUT2D eigenvalue weighted by molar-refractivity contribution is -0.121. The molecule has 0 saturated carbocycles. The predicted octanol–water partition coefficient (Wildman–Crippen LogP) is 2.77. The molecule has 1 aromatic heterocycles. The summed E-state index contributed by atoms with van der Waals surface area (Å²) in [5.41, 5.74) is 1.15. The van der Waals surface area contributed by atoms with E-state index in [4.69, 9.17) is 0 Å². The number of carbonyl (C=O) groups is 3. The van der Waals surface area contributed by atoms with Gasteiger partial charge in [0.05, 0.1) is 15.9 Å². The lowest BCUT2D eigenvalue weighted by Crippen LogP contribution is -2.28. The molecule has 6 nitrogen and oxygen atoms in total. The van der Waals surface area contributed by atoms with Gasteiger partial charge >= 0.3 is 0 Å². The fraction of sp³-hybridized carbons (Fsp3) is 0.158. The van der Waals surface area contributed by atoms with Crippen molar-refractivity contribution in [3.05, 3.63) is 58.6 Å². The number of amides is 3. The van der Waals surface area contributed by atoms with Crippen molar-refractivity contribution >= 4 is 45.0 Å². The van der Waals surface area contributed by atoms with Crippen LogP contribution < -0.4 is 9.70 Å². The second-order valence-electron chi connectivity index (χ2n) is 6.12. The number of aromatic nitrogens is 1. The van der Waals surface area contributed by atoms with Gasteiger partial charge in [-0.2, -0.15) is 4.99 Å². The first-order chi connectivity index (χ1) is 13.0. The van der Waals surface area contributed by atoms with Crippen LogP contribution in [0.1, 0.15) is 23.2 Å². The molecule has 4 rings (SSSR count). The zero-order valence-electron chi connectivity index (χ0n) is 14.3. The Bertz CT molecular complexity index is 1150. The highest BCUT2D eigenvalue weighted by atomic mass is 32.1. The Kier molecular flexibility index (Phi) is 4.19. The van der Waals surface area contributed by atoms with Crippen molar-refractivity contribution in [2.24, 2.45) is 12.0 Å². The summed E-state index contributed by atoms with van der Waals surface area (Å²) in [7, 11) is 1.65. The number of rotatable bonds is 2. The molecule has 0 aliphatic carbocycles. The number of anilines is 1. The average molecular weight is 383 g/mol. The molecule has 0 spiro atoms. The molecule has 1 fully saturated rings. The van der Waals surface area contributed by atoms with Gasteiger partial charge in [0.1, 0.15) is 5.82 Å². The van der Waals surface area contributed by atoms with E-state index in [9.17, 15) is 18.8 Å². The second kappa shape index (κ2) is 6.55. The van der Waals surface area contributed by atoms with E-state index in [1.807, 2.05) is 0 Å². The number of hydrogen-bond donors (Lipinski definition) is 0. The van der Waals surface area contributed by atoms with Crippen molar-refractivity contribution in [1.82, 2.24) is 4.57 Å². The van der Waals surface area contributed by atoms with E-state index in [0.29, 0.717) is 26.3 Å². The highest BCUT2D eigenvalue weighted by molar-refractivity contribution is 7.16. The van der Waals surface area contributed by atoms with Crippen molar-refractivity contribution in [1.29, 1.82) is 0 Å². The third-order valence-corrected chi connectivity index (χ3v) is 5.49. The van der Waals surface area contributed by atoms with Crippen LogP contribution in [0.3, 0.4) is 0 Å². The van der Waals surface area contributed by atoms with Crippen LogP contribution in [0.2, 0.25) is 0 Å². The Hall–Kier alpha value is -3.13. The van der Waals surface area contributed by atoms with Crippen LogP contribution in [0.5, 0.6) is 0 Å². The molecule has 3 aromatic rings. The molecule has 2 heterocycles. The van der Waals surface area contributed by atoms with Gasteiger partial charge in [0.15, 0.2) is 4.80 Å². The van der Waals surface area contributed by atoms with Gasteiger partial charge in [-0.15, -0.1) is 0 Å². The maximum Gasteiger partial charge on any atom is 0.279 e. The summed E-state index contributed by atoms with van der Waals surface area (Å²) < 4.78 is 16.2. The molecule has 1 saturated heterocycles. The summed E-state index contributed by atoms with van der Waals surface area (Å²) in [5.74, 6) is -1.35. The molecule has 0 N–H and O–H groups in total. The van der Waals surface area contributed by atoms with Crippen LogP contribution in [-0.4, -0.2) is 22.3 Å². The van der Waals surface area contributed by atoms with Gasteiger partial charge < -0.3 is 4.57 Å². The van der Waals surface area contributed by atoms with E-state index < -0.39 is 5.91 Å². The van der Waals surface area contributed by atoms with Crippen LogP contribution in [-0.2, 0) is 16.6 Å². The minimum atomic E-state index is -0.483. The number of benzene rings is 2. The highest BCUT2D eigenvalue weighted by Crippen LogP contribution is 2.23. The lowest BCUT2D eigenvalue weighted by Gasteiger charge is -2.13. The highest BCUT2D eigenvalue weighted by Gasteiger charge is 2.30. The summed E-state index contributed by atoms with van der Waals surface area (Å²) in [5, 5.41) is 0. The minimum absolute atomic E-state index is 0.202. The number of hydrogen-bond acceptors (Lipinski definition) is 4. The minimum Gasteiger partial charge on any atom is -0.317 e. The monoisotopic (exact) mass is 383 g/mol. The third-order valence-electron chi connectivity index (χ3n) is 4.39. The molecular weight excluding hydrogens is 369 g/mol. The van der Waals surface area contributed by atoms with E-state index in [1.54, 1.807) is 35.9 Å². The first-order valence-corrected chi connectivity index (χ1v) is 9.06. The van der Waals surface area contributed by atoms with Gasteiger partial charge in [-0.25, -0.2) is 4.39 Å². The van der Waals surface area contributed by atoms with Gasteiger partial charge in [-0.05, 0) is 36.4 Å². The van der Waals surface area contributed by atoms with Gasteiger partial charge in [0.25, 0.3) is 5.91 Å². The van der Waals surface area contributed by atoms with Crippen LogP contribution >= 0.6 is 11.3 Å². The molecule has 0 bridgehead atoms. The molecule has 136 valence electrons. The van der Waals surface area contributed by atoms with Crippen LogP contribution in [0.15, 0.2) is 47.5 Å². The fourth-order valence-corrected chi connectivity index (χ4v) is 4.06. The Morgan fingerprint density at radius 2 is 1.74 bits per heavy atom. The van der Waals surface area contributed by atoms with Gasteiger partial charge in [0, 0.05) is 25.5 Å². The normalized spacial score (nSPS) is 15.2. The number of aryl methyl sites for hydroxylation is 1. The van der Waals surface area contributed by atoms with E-state index in [1.165, 1.54) is 29.5 Å². The van der Waals surface area contributed by atoms with Crippen molar-refractivity contribution in [3.8, 4) is 0 Å². The fourth-order valence-electron chi connectivity index (χ4n) is 3.03. The molecule has 8 heteroatoms. The lowest BCUT2D eigenvalue weighted by atomic mass is 10.2. The molecule has 2 aromatic carbocycles. The van der Waals surface area contributed by atoms with Gasteiger partial charge in [-0.3, -0.25) is 19.3 Å². The molecule has 0 atom stereocenters. The molecular formula is C19H14FN3O3S. The maximum atomic E-state index is 14.0. The van der Waals surface area contributed by atoms with Crippen LogP contribution in [0.25, 0.3) is 10.2 Å². The molecule has 3 amide bonds.